The summed E-state index contributed by atoms with van der Waals surface area (Å²) in [5.41, 5.74) is 0.766. The van der Waals surface area contributed by atoms with Gasteiger partial charge in [-0.25, -0.2) is 9.35 Å². The molecular formula is C14H11F3N4S. The first-order valence-corrected chi connectivity index (χ1v) is 7.49. The van der Waals surface area contributed by atoms with Gasteiger partial charge in [0.1, 0.15) is 5.03 Å². The summed E-state index contributed by atoms with van der Waals surface area (Å²) in [5, 5.41) is 7.14. The van der Waals surface area contributed by atoms with Crippen molar-refractivity contribution in [3.8, 4) is 0 Å². The molecule has 0 bridgehead atoms. The Bertz CT molecular complexity index is 837. The van der Waals surface area contributed by atoms with E-state index in [0.29, 0.717) is 10.7 Å². The number of hydrogen-bond donors (Lipinski definition) is 2. The molecule has 0 saturated carbocycles. The number of para-hydroxylation sites is 1. The van der Waals surface area contributed by atoms with Gasteiger partial charge in [-0.1, -0.05) is 18.2 Å². The molecule has 0 radical (unpaired) electrons. The van der Waals surface area contributed by atoms with Crippen molar-refractivity contribution in [3.63, 3.8) is 0 Å². The molecule has 0 amide bonds. The number of pyridine rings is 1. The molecule has 3 aromatic rings. The summed E-state index contributed by atoms with van der Waals surface area (Å²) in [6.07, 6.45) is -1.93. The summed E-state index contributed by atoms with van der Waals surface area (Å²) < 4.78 is 41.9. The highest BCUT2D eigenvalue weighted by molar-refractivity contribution is 7.85. The number of aromatic amines is 1. The number of hydrogen-bond acceptors (Lipinski definition) is 2. The summed E-state index contributed by atoms with van der Waals surface area (Å²) >= 11 is 0. The minimum Gasteiger partial charge on any atom is -0.359 e. The van der Waals surface area contributed by atoms with Gasteiger partial charge in [-0.3, -0.25) is 5.14 Å². The quantitative estimate of drug-likeness (QED) is 0.749. The highest BCUT2D eigenvalue weighted by Crippen LogP contribution is 2.29. The Morgan fingerprint density at radius 3 is 2.59 bits per heavy atom. The number of rotatable bonds is 2. The third kappa shape index (κ3) is 2.88. The van der Waals surface area contributed by atoms with E-state index in [4.69, 9.17) is 5.14 Å². The molecule has 0 fully saturated rings. The van der Waals surface area contributed by atoms with E-state index in [1.807, 2.05) is 24.3 Å². The number of aromatic nitrogens is 2. The summed E-state index contributed by atoms with van der Waals surface area (Å²) in [6.45, 7) is 0. The van der Waals surface area contributed by atoms with Crippen LogP contribution in [-0.4, -0.2) is 9.97 Å². The normalized spacial score (nSPS) is 13.6. The molecule has 1 atom stereocenters. The van der Waals surface area contributed by atoms with Crippen molar-refractivity contribution in [2.24, 2.45) is 9.50 Å². The molecule has 0 aliphatic rings. The fourth-order valence-corrected chi connectivity index (χ4v) is 2.78. The molecule has 0 spiro atoms. The minimum atomic E-state index is -4.41. The molecule has 0 aliphatic heterocycles. The third-order valence-electron chi connectivity index (χ3n) is 3.04. The van der Waals surface area contributed by atoms with Crippen LogP contribution in [0.15, 0.2) is 58.2 Å². The Balaban J connectivity index is 1.94. The molecule has 2 aromatic heterocycles. The van der Waals surface area contributed by atoms with E-state index in [-0.39, 0.29) is 0 Å². The van der Waals surface area contributed by atoms with E-state index in [9.17, 15) is 13.2 Å². The topological polar surface area (TPSA) is 67.1 Å². The second kappa shape index (κ2) is 5.54. The number of benzene rings is 1. The van der Waals surface area contributed by atoms with Crippen LogP contribution in [0.3, 0.4) is 0 Å². The zero-order chi connectivity index (χ0) is 15.7. The van der Waals surface area contributed by atoms with E-state index in [1.165, 1.54) is 6.07 Å². The predicted molar refractivity (Wildman–Crippen MR) is 79.4 cm³/mol. The van der Waals surface area contributed by atoms with Gasteiger partial charge in [-0.2, -0.15) is 13.2 Å². The Morgan fingerprint density at radius 1 is 1.14 bits per heavy atom. The molecule has 8 heteroatoms. The van der Waals surface area contributed by atoms with E-state index < -0.39 is 22.6 Å². The zero-order valence-corrected chi connectivity index (χ0v) is 11.9. The summed E-state index contributed by atoms with van der Waals surface area (Å²) in [5.74, 6) is 0. The Hall–Kier alpha value is -2.19. The Kier molecular flexibility index (Phi) is 3.71. The fourth-order valence-electron chi connectivity index (χ4n) is 1.96. The van der Waals surface area contributed by atoms with E-state index in [1.54, 1.807) is 6.20 Å². The first-order chi connectivity index (χ1) is 10.4. The molecule has 0 aliphatic carbocycles. The van der Waals surface area contributed by atoms with E-state index >= 15 is 0 Å². The van der Waals surface area contributed by atoms with Crippen LogP contribution in [0.2, 0.25) is 0 Å². The number of H-pyrrole nitrogens is 1. The Morgan fingerprint density at radius 2 is 1.91 bits per heavy atom. The van der Waals surface area contributed by atoms with Gasteiger partial charge in [-0.05, 0) is 18.2 Å². The first-order valence-electron chi connectivity index (χ1n) is 6.25. The lowest BCUT2D eigenvalue weighted by Gasteiger charge is -2.06. The maximum Gasteiger partial charge on any atom is 0.417 e. The highest BCUT2D eigenvalue weighted by Gasteiger charge is 2.30. The zero-order valence-electron chi connectivity index (χ0n) is 11.1. The van der Waals surface area contributed by atoms with Crippen LogP contribution in [0.1, 0.15) is 5.56 Å². The summed E-state index contributed by atoms with van der Waals surface area (Å²) in [6, 6.07) is 9.77. The van der Waals surface area contributed by atoms with Crippen molar-refractivity contribution in [1.82, 2.24) is 9.97 Å². The van der Waals surface area contributed by atoms with Crippen molar-refractivity contribution in [1.29, 1.82) is 0 Å². The van der Waals surface area contributed by atoms with Gasteiger partial charge in [0.25, 0.3) is 0 Å². The molecule has 1 aromatic carbocycles. The number of halogens is 3. The molecule has 3 N–H and O–H groups in total. The van der Waals surface area contributed by atoms with Crippen LogP contribution in [0.25, 0.3) is 10.9 Å². The molecule has 4 nitrogen and oxygen atoms in total. The van der Waals surface area contributed by atoms with Gasteiger partial charge in [0.05, 0.1) is 11.3 Å². The van der Waals surface area contributed by atoms with Crippen molar-refractivity contribution in [3.05, 3.63) is 54.4 Å². The average Bonchev–Trinajstić information content (AvgIpc) is 2.90. The lowest BCUT2D eigenvalue weighted by atomic mass is 10.2. The summed E-state index contributed by atoms with van der Waals surface area (Å²) in [7, 11) is -1.13. The maximum absolute atomic E-state index is 12.5. The first kappa shape index (κ1) is 14.7. The molecule has 1 unspecified atom stereocenters. The largest absolute Gasteiger partial charge is 0.417 e. The molecular weight excluding hydrogens is 313 g/mol. The second-order valence-electron chi connectivity index (χ2n) is 4.51. The van der Waals surface area contributed by atoms with Crippen LogP contribution in [-0.2, 0) is 17.1 Å². The van der Waals surface area contributed by atoms with Crippen LogP contribution < -0.4 is 5.14 Å². The molecule has 2 heterocycles. The van der Waals surface area contributed by atoms with Crippen molar-refractivity contribution >= 4 is 27.5 Å². The lowest BCUT2D eigenvalue weighted by Crippen LogP contribution is -2.09. The van der Waals surface area contributed by atoms with E-state index in [0.717, 1.165) is 23.2 Å². The summed E-state index contributed by atoms with van der Waals surface area (Å²) in [4.78, 5) is 6.83. The van der Waals surface area contributed by atoms with Gasteiger partial charge < -0.3 is 4.98 Å². The van der Waals surface area contributed by atoms with Crippen LogP contribution in [0.5, 0.6) is 0 Å². The highest BCUT2D eigenvalue weighted by atomic mass is 32.2. The SMILES string of the molecule is NS(=Nc1c[nH]c2ccccc12)c1ccc(C(F)(F)F)cn1. The van der Waals surface area contributed by atoms with Crippen LogP contribution in [0.4, 0.5) is 18.9 Å². The van der Waals surface area contributed by atoms with Gasteiger partial charge in [-0.15, -0.1) is 0 Å². The van der Waals surface area contributed by atoms with Gasteiger partial charge in [0.15, 0.2) is 0 Å². The van der Waals surface area contributed by atoms with Crippen molar-refractivity contribution < 1.29 is 13.2 Å². The molecule has 0 saturated heterocycles. The number of fused-ring (bicyclic) bond motifs is 1. The number of alkyl halides is 3. The number of nitrogens with one attached hydrogen (secondary N) is 1. The fraction of sp³-hybridized carbons (Fsp3) is 0.0714. The molecule has 22 heavy (non-hydrogen) atoms. The monoisotopic (exact) mass is 324 g/mol. The standard InChI is InChI=1S/C14H11F3N4S/c15-14(16,17)9-5-6-13(20-7-9)22(18)21-12-8-19-11-4-2-1-3-10(11)12/h1-8,19H,(H2,18,21). The van der Waals surface area contributed by atoms with Crippen LogP contribution in [0, 0.1) is 0 Å². The van der Waals surface area contributed by atoms with Gasteiger partial charge in [0.2, 0.25) is 0 Å². The lowest BCUT2D eigenvalue weighted by molar-refractivity contribution is -0.137. The predicted octanol–water partition coefficient (Wildman–Crippen LogP) is 3.95. The van der Waals surface area contributed by atoms with Crippen LogP contribution >= 0.6 is 0 Å². The number of nitrogens with zero attached hydrogens (tertiary/aromatic N) is 2. The van der Waals surface area contributed by atoms with Gasteiger partial charge in [0, 0.05) is 34.2 Å². The number of nitrogens with two attached hydrogens (primary N) is 1. The van der Waals surface area contributed by atoms with Crippen molar-refractivity contribution in [2.75, 3.05) is 0 Å². The Labute approximate surface area is 126 Å². The third-order valence-corrected chi connectivity index (χ3v) is 4.11. The average molecular weight is 324 g/mol. The van der Waals surface area contributed by atoms with E-state index in [2.05, 4.69) is 14.3 Å². The smallest absolute Gasteiger partial charge is 0.359 e. The molecule has 3 rings (SSSR count). The second-order valence-corrected chi connectivity index (χ2v) is 5.74. The van der Waals surface area contributed by atoms with Crippen molar-refractivity contribution in [2.45, 2.75) is 11.2 Å². The minimum absolute atomic E-state index is 0.304. The molecule has 114 valence electrons. The maximum atomic E-state index is 12.5. The van der Waals surface area contributed by atoms with Gasteiger partial charge >= 0.3 is 6.18 Å².